The maximum Gasteiger partial charge on any atom is 0.472 e. The van der Waals surface area contributed by atoms with E-state index in [4.69, 9.17) is 9.05 Å². The number of phosphoric ester groups is 1. The van der Waals surface area contributed by atoms with Gasteiger partial charge in [0.2, 0.25) is 0 Å². The SMILES string of the molecule is O=P1(O)OCCCC(c2ccccc2)O1. The number of hydrogen-bond donors (Lipinski definition) is 1. The fourth-order valence-electron chi connectivity index (χ4n) is 1.59. The van der Waals surface area contributed by atoms with Crippen LogP contribution in [0, 0.1) is 0 Å². The molecule has 15 heavy (non-hydrogen) atoms. The van der Waals surface area contributed by atoms with Gasteiger partial charge in [-0.1, -0.05) is 30.3 Å². The lowest BCUT2D eigenvalue weighted by molar-refractivity contribution is 0.129. The molecule has 1 aromatic rings. The van der Waals surface area contributed by atoms with E-state index in [0.29, 0.717) is 6.42 Å². The fraction of sp³-hybridized carbons (Fsp3) is 0.400. The summed E-state index contributed by atoms with van der Waals surface area (Å²) < 4.78 is 21.2. The molecule has 1 saturated heterocycles. The van der Waals surface area contributed by atoms with E-state index in [9.17, 15) is 9.46 Å². The highest BCUT2D eigenvalue weighted by Crippen LogP contribution is 2.51. The topological polar surface area (TPSA) is 55.8 Å². The van der Waals surface area contributed by atoms with E-state index in [1.54, 1.807) is 0 Å². The van der Waals surface area contributed by atoms with Crippen LogP contribution in [0.2, 0.25) is 0 Å². The van der Waals surface area contributed by atoms with E-state index >= 15 is 0 Å². The summed E-state index contributed by atoms with van der Waals surface area (Å²) in [6, 6.07) is 9.43. The van der Waals surface area contributed by atoms with Crippen molar-refractivity contribution in [3.8, 4) is 0 Å². The highest BCUT2D eigenvalue weighted by molar-refractivity contribution is 7.47. The van der Waals surface area contributed by atoms with Gasteiger partial charge in [0.1, 0.15) is 0 Å². The molecule has 0 amide bonds. The Balaban J connectivity index is 2.18. The largest absolute Gasteiger partial charge is 0.472 e. The molecule has 2 rings (SSSR count). The summed E-state index contributed by atoms with van der Waals surface area (Å²) in [5.74, 6) is 0. The molecule has 1 heterocycles. The molecule has 5 heteroatoms. The van der Waals surface area contributed by atoms with Crippen molar-refractivity contribution in [2.75, 3.05) is 6.61 Å². The molecule has 2 atom stereocenters. The summed E-state index contributed by atoms with van der Waals surface area (Å²) in [5.41, 5.74) is 0.914. The van der Waals surface area contributed by atoms with Crippen LogP contribution in [0.3, 0.4) is 0 Å². The Morgan fingerprint density at radius 3 is 2.80 bits per heavy atom. The van der Waals surface area contributed by atoms with Crippen molar-refractivity contribution in [3.63, 3.8) is 0 Å². The third-order valence-corrected chi connectivity index (χ3v) is 3.33. The van der Waals surface area contributed by atoms with Crippen molar-refractivity contribution in [1.29, 1.82) is 0 Å². The van der Waals surface area contributed by atoms with Crippen LogP contribution in [-0.4, -0.2) is 11.5 Å². The second-order valence-corrected chi connectivity index (χ2v) is 4.85. The van der Waals surface area contributed by atoms with Gasteiger partial charge in [0, 0.05) is 0 Å². The predicted octanol–water partition coefficient (Wildman–Crippen LogP) is 2.66. The average molecular weight is 228 g/mol. The summed E-state index contributed by atoms with van der Waals surface area (Å²) in [6.45, 7) is 0.275. The zero-order chi connectivity index (χ0) is 10.7. The highest BCUT2D eigenvalue weighted by atomic mass is 31.2. The van der Waals surface area contributed by atoms with Gasteiger partial charge in [0.05, 0.1) is 12.7 Å². The first-order chi connectivity index (χ1) is 7.17. The molecule has 82 valence electrons. The lowest BCUT2D eigenvalue weighted by atomic mass is 10.1. The van der Waals surface area contributed by atoms with Gasteiger partial charge < -0.3 is 4.89 Å². The van der Waals surface area contributed by atoms with Gasteiger partial charge in [-0.3, -0.25) is 9.05 Å². The Bertz CT molecular complexity index is 365. The van der Waals surface area contributed by atoms with Crippen molar-refractivity contribution >= 4 is 7.82 Å². The molecular weight excluding hydrogens is 215 g/mol. The van der Waals surface area contributed by atoms with Crippen molar-refractivity contribution in [1.82, 2.24) is 0 Å². The minimum atomic E-state index is -3.85. The van der Waals surface area contributed by atoms with E-state index in [1.807, 2.05) is 30.3 Å². The molecule has 2 unspecified atom stereocenters. The molecule has 0 bridgehead atoms. The maximum atomic E-state index is 11.3. The second-order valence-electron chi connectivity index (χ2n) is 3.45. The molecule has 0 aliphatic carbocycles. The molecular formula is C10H13O4P. The average Bonchev–Trinajstić information content (AvgIpc) is 2.41. The molecule has 0 aromatic heterocycles. The summed E-state index contributed by atoms with van der Waals surface area (Å²) in [6.07, 6.45) is 1.09. The third-order valence-electron chi connectivity index (χ3n) is 2.30. The van der Waals surface area contributed by atoms with E-state index in [1.165, 1.54) is 0 Å². The minimum absolute atomic E-state index is 0.275. The first-order valence-electron chi connectivity index (χ1n) is 4.88. The summed E-state index contributed by atoms with van der Waals surface area (Å²) in [5, 5.41) is 0. The summed E-state index contributed by atoms with van der Waals surface area (Å²) in [7, 11) is -3.85. The Hall–Kier alpha value is -0.670. The smallest absolute Gasteiger partial charge is 0.302 e. The van der Waals surface area contributed by atoms with Crippen molar-refractivity contribution < 1.29 is 18.5 Å². The zero-order valence-corrected chi connectivity index (χ0v) is 9.10. The number of rotatable bonds is 1. The summed E-state index contributed by atoms with van der Waals surface area (Å²) >= 11 is 0. The second kappa shape index (κ2) is 4.45. The molecule has 1 aliphatic heterocycles. The van der Waals surface area contributed by atoms with Crippen LogP contribution in [0.4, 0.5) is 0 Å². The van der Waals surface area contributed by atoms with Gasteiger partial charge in [-0.25, -0.2) is 4.57 Å². The lowest BCUT2D eigenvalue weighted by Crippen LogP contribution is -2.00. The monoisotopic (exact) mass is 228 g/mol. The third kappa shape index (κ3) is 2.89. The number of phosphoric acid groups is 1. The standard InChI is InChI=1S/C10H13O4P/c11-15(12)13-8-4-7-10(14-15)9-5-2-1-3-6-9/h1-3,5-6,10H,4,7-8H2,(H,11,12). The minimum Gasteiger partial charge on any atom is -0.302 e. The molecule has 1 fully saturated rings. The highest BCUT2D eigenvalue weighted by Gasteiger charge is 2.30. The van der Waals surface area contributed by atoms with Crippen LogP contribution in [0.25, 0.3) is 0 Å². The van der Waals surface area contributed by atoms with E-state index in [-0.39, 0.29) is 12.7 Å². The van der Waals surface area contributed by atoms with Gasteiger partial charge in [0.15, 0.2) is 0 Å². The maximum absolute atomic E-state index is 11.3. The zero-order valence-electron chi connectivity index (χ0n) is 8.20. The molecule has 0 saturated carbocycles. The Morgan fingerprint density at radius 2 is 2.07 bits per heavy atom. The van der Waals surface area contributed by atoms with Gasteiger partial charge in [-0.15, -0.1) is 0 Å². The van der Waals surface area contributed by atoms with E-state index < -0.39 is 7.82 Å². The number of hydrogen-bond acceptors (Lipinski definition) is 3. The van der Waals surface area contributed by atoms with Crippen LogP contribution in [-0.2, 0) is 13.6 Å². The van der Waals surface area contributed by atoms with Crippen molar-refractivity contribution in [2.24, 2.45) is 0 Å². The Kier molecular flexibility index (Phi) is 3.22. The Labute approximate surface area is 88.5 Å². The van der Waals surface area contributed by atoms with Crippen molar-refractivity contribution in [3.05, 3.63) is 35.9 Å². The van der Waals surface area contributed by atoms with Crippen LogP contribution in [0.1, 0.15) is 24.5 Å². The first-order valence-corrected chi connectivity index (χ1v) is 6.38. The van der Waals surface area contributed by atoms with Gasteiger partial charge in [0.25, 0.3) is 0 Å². The quantitative estimate of drug-likeness (QED) is 0.751. The van der Waals surface area contributed by atoms with Gasteiger partial charge >= 0.3 is 7.82 Å². The Morgan fingerprint density at radius 1 is 1.33 bits per heavy atom. The van der Waals surface area contributed by atoms with Crippen LogP contribution in [0.15, 0.2) is 30.3 Å². The van der Waals surface area contributed by atoms with E-state index in [2.05, 4.69) is 0 Å². The predicted molar refractivity (Wildman–Crippen MR) is 55.3 cm³/mol. The molecule has 1 N–H and O–H groups in total. The molecule has 0 spiro atoms. The van der Waals surface area contributed by atoms with E-state index in [0.717, 1.165) is 12.0 Å². The first kappa shape index (κ1) is 10.8. The lowest BCUT2D eigenvalue weighted by Gasteiger charge is -2.16. The van der Waals surface area contributed by atoms with Crippen LogP contribution in [0.5, 0.6) is 0 Å². The summed E-state index contributed by atoms with van der Waals surface area (Å²) in [4.78, 5) is 9.30. The van der Waals surface area contributed by atoms with Crippen molar-refractivity contribution in [2.45, 2.75) is 18.9 Å². The van der Waals surface area contributed by atoms with Crippen LogP contribution >= 0.6 is 7.82 Å². The molecule has 0 radical (unpaired) electrons. The normalized spacial score (nSPS) is 32.2. The molecule has 4 nitrogen and oxygen atoms in total. The number of benzene rings is 1. The van der Waals surface area contributed by atoms with Crippen LogP contribution < -0.4 is 0 Å². The van der Waals surface area contributed by atoms with Gasteiger partial charge in [-0.05, 0) is 18.4 Å². The van der Waals surface area contributed by atoms with Gasteiger partial charge in [-0.2, -0.15) is 0 Å². The molecule has 1 aliphatic rings. The fourth-order valence-corrected chi connectivity index (χ4v) is 2.56. The molecule has 1 aromatic carbocycles.